The normalized spacial score (nSPS) is 18.4. The molecule has 6 nitrogen and oxygen atoms in total. The van der Waals surface area contributed by atoms with Crippen LogP contribution in [0.5, 0.6) is 0 Å². The Balaban J connectivity index is 1.40. The average molecular weight is 379 g/mol. The van der Waals surface area contributed by atoms with Crippen molar-refractivity contribution in [3.63, 3.8) is 0 Å². The first-order chi connectivity index (χ1) is 13.3. The summed E-state index contributed by atoms with van der Waals surface area (Å²) in [6.45, 7) is 3.31. The first-order valence-electron chi connectivity index (χ1n) is 9.31. The number of nitrogens with one attached hydrogen (secondary N) is 1. The van der Waals surface area contributed by atoms with Crippen LogP contribution < -0.4 is 5.32 Å². The van der Waals surface area contributed by atoms with E-state index >= 15 is 0 Å². The Kier molecular flexibility index (Phi) is 4.06. The molecule has 27 heavy (non-hydrogen) atoms. The van der Waals surface area contributed by atoms with Gasteiger partial charge in [0.2, 0.25) is 0 Å². The first kappa shape index (κ1) is 16.6. The van der Waals surface area contributed by atoms with Crippen molar-refractivity contribution >= 4 is 17.2 Å². The number of amides is 1. The molecule has 0 atom stereocenters. The SMILES string of the molecule is O=C(c1cccs1)N1CCC2(CC1)NCCn1c(-c3cccnc3)cnc12. The summed E-state index contributed by atoms with van der Waals surface area (Å²) in [7, 11) is 0. The summed E-state index contributed by atoms with van der Waals surface area (Å²) in [5, 5.41) is 5.67. The summed E-state index contributed by atoms with van der Waals surface area (Å²) >= 11 is 1.51. The maximum atomic E-state index is 12.7. The zero-order valence-electron chi connectivity index (χ0n) is 15.0. The van der Waals surface area contributed by atoms with Crippen LogP contribution in [0, 0.1) is 0 Å². The molecule has 1 saturated heterocycles. The number of nitrogens with zero attached hydrogens (tertiary/aromatic N) is 4. The van der Waals surface area contributed by atoms with E-state index in [9.17, 15) is 4.79 Å². The fraction of sp³-hybridized carbons (Fsp3) is 0.350. The van der Waals surface area contributed by atoms with Crippen LogP contribution in [0.1, 0.15) is 28.3 Å². The van der Waals surface area contributed by atoms with Crippen LogP contribution in [0.25, 0.3) is 11.3 Å². The Morgan fingerprint density at radius 3 is 2.78 bits per heavy atom. The van der Waals surface area contributed by atoms with E-state index in [1.54, 1.807) is 6.20 Å². The minimum Gasteiger partial charge on any atom is -0.338 e. The van der Waals surface area contributed by atoms with Gasteiger partial charge >= 0.3 is 0 Å². The standard InChI is InChI=1S/C20H21N5OS/c26-18(17-4-2-12-27-17)24-9-5-20(6-10-24)19-22-14-16(25(19)11-8-23-20)15-3-1-7-21-13-15/h1-4,7,12-14,23H,5-6,8-11H2. The smallest absolute Gasteiger partial charge is 0.263 e. The molecule has 3 aromatic heterocycles. The first-order valence-corrected chi connectivity index (χ1v) is 10.2. The molecule has 2 aliphatic rings. The second-order valence-corrected chi connectivity index (χ2v) is 8.09. The summed E-state index contributed by atoms with van der Waals surface area (Å²) in [5.41, 5.74) is 2.07. The number of fused-ring (bicyclic) bond motifs is 2. The van der Waals surface area contributed by atoms with Crippen molar-refractivity contribution in [3.05, 3.63) is 58.9 Å². The second kappa shape index (κ2) is 6.58. The number of carbonyl (C=O) groups is 1. The third-order valence-corrected chi connectivity index (χ3v) is 6.53. The van der Waals surface area contributed by atoms with Gasteiger partial charge in [-0.1, -0.05) is 6.07 Å². The highest BCUT2D eigenvalue weighted by molar-refractivity contribution is 7.12. The number of piperidine rings is 1. The zero-order chi connectivity index (χ0) is 18.3. The van der Waals surface area contributed by atoms with Crippen LogP contribution >= 0.6 is 11.3 Å². The molecule has 0 bridgehead atoms. The highest BCUT2D eigenvalue weighted by atomic mass is 32.1. The zero-order valence-corrected chi connectivity index (χ0v) is 15.8. The third kappa shape index (κ3) is 2.78. The minimum absolute atomic E-state index is 0.148. The maximum Gasteiger partial charge on any atom is 0.263 e. The number of likely N-dealkylation sites (tertiary alicyclic amines) is 1. The topological polar surface area (TPSA) is 63.1 Å². The van der Waals surface area contributed by atoms with Gasteiger partial charge in [0.15, 0.2) is 0 Å². The van der Waals surface area contributed by atoms with Crippen molar-refractivity contribution in [3.8, 4) is 11.3 Å². The quantitative estimate of drug-likeness (QED) is 0.744. The monoisotopic (exact) mass is 379 g/mol. The van der Waals surface area contributed by atoms with Gasteiger partial charge in [0.25, 0.3) is 5.91 Å². The predicted molar refractivity (Wildman–Crippen MR) is 105 cm³/mol. The molecule has 2 aliphatic heterocycles. The van der Waals surface area contributed by atoms with E-state index in [4.69, 9.17) is 4.98 Å². The largest absolute Gasteiger partial charge is 0.338 e. The van der Waals surface area contributed by atoms with Crippen LogP contribution in [0.3, 0.4) is 0 Å². The van der Waals surface area contributed by atoms with Crippen LogP contribution in [0.15, 0.2) is 48.2 Å². The van der Waals surface area contributed by atoms with Crippen LogP contribution in [0.4, 0.5) is 0 Å². The van der Waals surface area contributed by atoms with Crippen molar-refractivity contribution in [1.82, 2.24) is 24.8 Å². The van der Waals surface area contributed by atoms with E-state index < -0.39 is 0 Å². The molecule has 3 aromatic rings. The van der Waals surface area contributed by atoms with Crippen LogP contribution in [-0.2, 0) is 12.1 Å². The summed E-state index contributed by atoms with van der Waals surface area (Å²) in [6.07, 6.45) is 7.41. The van der Waals surface area contributed by atoms with Gasteiger partial charge in [-0.05, 0) is 36.4 Å². The molecule has 0 aliphatic carbocycles. The molecular weight excluding hydrogens is 358 g/mol. The number of pyridine rings is 1. The van der Waals surface area contributed by atoms with Crippen molar-refractivity contribution < 1.29 is 4.79 Å². The van der Waals surface area contributed by atoms with Gasteiger partial charge in [0, 0.05) is 44.1 Å². The Morgan fingerprint density at radius 1 is 1.15 bits per heavy atom. The van der Waals surface area contributed by atoms with Gasteiger partial charge in [0.1, 0.15) is 5.82 Å². The van der Waals surface area contributed by atoms with Crippen molar-refractivity contribution in [2.24, 2.45) is 0 Å². The number of hydrogen-bond donors (Lipinski definition) is 1. The highest BCUT2D eigenvalue weighted by Crippen LogP contribution is 2.37. The number of aromatic nitrogens is 3. The van der Waals surface area contributed by atoms with Gasteiger partial charge in [0.05, 0.1) is 22.3 Å². The lowest BCUT2D eigenvalue weighted by molar-refractivity contribution is 0.0612. The van der Waals surface area contributed by atoms with Gasteiger partial charge in [-0.3, -0.25) is 9.78 Å². The average Bonchev–Trinajstić information content (AvgIpc) is 3.40. The fourth-order valence-corrected chi connectivity index (χ4v) is 4.95. The summed E-state index contributed by atoms with van der Waals surface area (Å²) in [5.74, 6) is 1.24. The molecule has 1 N–H and O–H groups in total. The lowest BCUT2D eigenvalue weighted by Gasteiger charge is -2.44. The lowest BCUT2D eigenvalue weighted by atomic mass is 9.85. The predicted octanol–water partition coefficient (Wildman–Crippen LogP) is 2.74. The van der Waals surface area contributed by atoms with Gasteiger partial charge in [-0.2, -0.15) is 0 Å². The van der Waals surface area contributed by atoms with E-state index in [0.717, 1.165) is 61.0 Å². The summed E-state index contributed by atoms with van der Waals surface area (Å²) in [4.78, 5) is 24.5. The molecule has 0 radical (unpaired) electrons. The molecule has 1 spiro atoms. The maximum absolute atomic E-state index is 12.7. The number of imidazole rings is 1. The van der Waals surface area contributed by atoms with Crippen LogP contribution in [-0.4, -0.2) is 45.0 Å². The van der Waals surface area contributed by atoms with Crippen molar-refractivity contribution in [2.45, 2.75) is 24.9 Å². The molecule has 138 valence electrons. The lowest BCUT2D eigenvalue weighted by Crippen LogP contribution is -2.56. The number of thiophene rings is 1. The van der Waals surface area contributed by atoms with E-state index in [2.05, 4.69) is 20.9 Å². The Bertz CT molecular complexity index is 942. The van der Waals surface area contributed by atoms with Gasteiger partial charge in [-0.15, -0.1) is 11.3 Å². The molecule has 0 unspecified atom stereocenters. The molecule has 7 heteroatoms. The summed E-state index contributed by atoms with van der Waals surface area (Å²) < 4.78 is 2.32. The molecule has 0 saturated carbocycles. The Morgan fingerprint density at radius 2 is 2.04 bits per heavy atom. The second-order valence-electron chi connectivity index (χ2n) is 7.14. The molecule has 0 aromatic carbocycles. The Hall–Kier alpha value is -2.51. The van der Waals surface area contributed by atoms with E-state index in [-0.39, 0.29) is 11.4 Å². The molecular formula is C20H21N5OS. The highest BCUT2D eigenvalue weighted by Gasteiger charge is 2.42. The van der Waals surface area contributed by atoms with Crippen molar-refractivity contribution in [1.29, 1.82) is 0 Å². The molecule has 5 heterocycles. The van der Waals surface area contributed by atoms with E-state index in [1.165, 1.54) is 11.3 Å². The number of hydrogen-bond acceptors (Lipinski definition) is 5. The molecule has 5 rings (SSSR count). The van der Waals surface area contributed by atoms with Crippen molar-refractivity contribution in [2.75, 3.05) is 19.6 Å². The minimum atomic E-state index is -0.148. The molecule has 1 fully saturated rings. The Labute approximate surface area is 161 Å². The van der Waals surface area contributed by atoms with Gasteiger partial charge < -0.3 is 14.8 Å². The van der Waals surface area contributed by atoms with Gasteiger partial charge in [-0.25, -0.2) is 4.98 Å². The number of carbonyl (C=O) groups excluding carboxylic acids is 1. The van der Waals surface area contributed by atoms with E-state index in [0.29, 0.717) is 0 Å². The fourth-order valence-electron chi connectivity index (χ4n) is 4.26. The van der Waals surface area contributed by atoms with Crippen LogP contribution in [0.2, 0.25) is 0 Å². The third-order valence-electron chi connectivity index (χ3n) is 5.68. The van der Waals surface area contributed by atoms with E-state index in [1.807, 2.05) is 40.9 Å². The number of rotatable bonds is 2. The molecule has 1 amide bonds. The summed E-state index contributed by atoms with van der Waals surface area (Å²) in [6, 6.07) is 7.88.